The molecule has 1 aromatic heterocycles. The van der Waals surface area contributed by atoms with Gasteiger partial charge in [-0.2, -0.15) is 0 Å². The maximum atomic E-state index is 11.9. The van der Waals surface area contributed by atoms with E-state index in [4.69, 9.17) is 4.74 Å². The second-order valence-corrected chi connectivity index (χ2v) is 6.04. The van der Waals surface area contributed by atoms with Gasteiger partial charge in [0.15, 0.2) is 0 Å². The third-order valence-electron chi connectivity index (χ3n) is 4.14. The molecule has 0 bridgehead atoms. The lowest BCUT2D eigenvalue weighted by atomic mass is 10.2. The van der Waals surface area contributed by atoms with Crippen LogP contribution in [0.2, 0.25) is 0 Å². The average molecular weight is 336 g/mol. The van der Waals surface area contributed by atoms with Crippen molar-refractivity contribution in [2.45, 2.75) is 25.8 Å². The van der Waals surface area contributed by atoms with Crippen LogP contribution in [-0.4, -0.2) is 23.6 Å². The SMILES string of the molecule is O=C(CCCOc1ccccc1)NCCCn1ccc2ccccc21. The van der Waals surface area contributed by atoms with Gasteiger partial charge in [-0.1, -0.05) is 36.4 Å². The van der Waals surface area contributed by atoms with Gasteiger partial charge < -0.3 is 14.6 Å². The quantitative estimate of drug-likeness (QED) is 0.600. The number of fused-ring (bicyclic) bond motifs is 1. The molecule has 3 aromatic rings. The molecule has 25 heavy (non-hydrogen) atoms. The van der Waals surface area contributed by atoms with Crippen LogP contribution >= 0.6 is 0 Å². The molecule has 0 atom stereocenters. The Balaban J connectivity index is 1.29. The molecular formula is C21H24N2O2. The van der Waals surface area contributed by atoms with E-state index in [1.54, 1.807) is 0 Å². The van der Waals surface area contributed by atoms with Gasteiger partial charge in [0.2, 0.25) is 5.91 Å². The number of hydrogen-bond acceptors (Lipinski definition) is 2. The highest BCUT2D eigenvalue weighted by molar-refractivity contribution is 5.79. The Morgan fingerprint density at radius 2 is 1.76 bits per heavy atom. The van der Waals surface area contributed by atoms with E-state index in [0.29, 0.717) is 19.6 Å². The number of nitrogens with one attached hydrogen (secondary N) is 1. The monoisotopic (exact) mass is 336 g/mol. The number of aryl methyl sites for hydroxylation is 1. The van der Waals surface area contributed by atoms with Gasteiger partial charge in [-0.3, -0.25) is 4.79 Å². The van der Waals surface area contributed by atoms with Crippen LogP contribution in [0, 0.1) is 0 Å². The van der Waals surface area contributed by atoms with Gasteiger partial charge >= 0.3 is 0 Å². The minimum absolute atomic E-state index is 0.0917. The van der Waals surface area contributed by atoms with Gasteiger partial charge in [0.1, 0.15) is 5.75 Å². The largest absolute Gasteiger partial charge is 0.494 e. The van der Waals surface area contributed by atoms with Gasteiger partial charge in [-0.15, -0.1) is 0 Å². The van der Waals surface area contributed by atoms with Crippen LogP contribution in [-0.2, 0) is 11.3 Å². The Labute approximate surface area is 148 Å². The first-order chi connectivity index (χ1) is 12.3. The summed E-state index contributed by atoms with van der Waals surface area (Å²) in [4.78, 5) is 11.9. The molecule has 0 aliphatic carbocycles. The number of carbonyl (C=O) groups is 1. The molecule has 0 unspecified atom stereocenters. The van der Waals surface area contributed by atoms with Crippen molar-refractivity contribution in [3.63, 3.8) is 0 Å². The van der Waals surface area contributed by atoms with Crippen LogP contribution in [0.5, 0.6) is 5.75 Å². The van der Waals surface area contributed by atoms with Crippen molar-refractivity contribution < 1.29 is 9.53 Å². The Morgan fingerprint density at radius 3 is 2.64 bits per heavy atom. The molecule has 0 saturated heterocycles. The Bertz CT molecular complexity index is 796. The highest BCUT2D eigenvalue weighted by Crippen LogP contribution is 2.15. The third-order valence-corrected chi connectivity index (χ3v) is 4.14. The first-order valence-electron chi connectivity index (χ1n) is 8.81. The topological polar surface area (TPSA) is 43.3 Å². The Hall–Kier alpha value is -2.75. The van der Waals surface area contributed by atoms with Gasteiger partial charge in [-0.05, 0) is 42.5 Å². The first-order valence-corrected chi connectivity index (χ1v) is 8.81. The fourth-order valence-corrected chi connectivity index (χ4v) is 2.84. The molecule has 0 aliphatic heterocycles. The number of hydrogen-bond donors (Lipinski definition) is 1. The lowest BCUT2D eigenvalue weighted by molar-refractivity contribution is -0.121. The lowest BCUT2D eigenvalue weighted by Crippen LogP contribution is -2.25. The highest BCUT2D eigenvalue weighted by atomic mass is 16.5. The molecular weight excluding hydrogens is 312 g/mol. The molecule has 3 rings (SSSR count). The van der Waals surface area contributed by atoms with Crippen molar-refractivity contribution in [2.24, 2.45) is 0 Å². The van der Waals surface area contributed by atoms with Crippen molar-refractivity contribution in [1.29, 1.82) is 0 Å². The molecule has 0 saturated carbocycles. The number of aromatic nitrogens is 1. The van der Waals surface area contributed by atoms with Gasteiger partial charge in [0, 0.05) is 31.2 Å². The van der Waals surface area contributed by atoms with Crippen LogP contribution in [0.15, 0.2) is 66.9 Å². The zero-order chi connectivity index (χ0) is 17.3. The zero-order valence-electron chi connectivity index (χ0n) is 14.4. The highest BCUT2D eigenvalue weighted by Gasteiger charge is 2.02. The van der Waals surface area contributed by atoms with E-state index in [2.05, 4.69) is 46.4 Å². The van der Waals surface area contributed by atoms with E-state index < -0.39 is 0 Å². The fraction of sp³-hybridized carbons (Fsp3) is 0.286. The van der Waals surface area contributed by atoms with Crippen molar-refractivity contribution >= 4 is 16.8 Å². The molecule has 0 spiro atoms. The summed E-state index contributed by atoms with van der Waals surface area (Å²) in [6, 6.07) is 20.2. The summed E-state index contributed by atoms with van der Waals surface area (Å²) in [5.41, 5.74) is 1.24. The zero-order valence-corrected chi connectivity index (χ0v) is 14.4. The number of nitrogens with zero attached hydrogens (tertiary/aromatic N) is 1. The maximum Gasteiger partial charge on any atom is 0.220 e. The van der Waals surface area contributed by atoms with Crippen molar-refractivity contribution in [3.05, 3.63) is 66.9 Å². The molecule has 4 heteroatoms. The number of amides is 1. The summed E-state index contributed by atoms with van der Waals surface area (Å²) < 4.78 is 7.82. The second kappa shape index (κ2) is 8.92. The predicted molar refractivity (Wildman–Crippen MR) is 101 cm³/mol. The summed E-state index contributed by atoms with van der Waals surface area (Å²) in [5.74, 6) is 0.941. The molecule has 2 aromatic carbocycles. The van der Waals surface area contributed by atoms with Gasteiger partial charge in [-0.25, -0.2) is 0 Å². The van der Waals surface area contributed by atoms with Gasteiger partial charge in [0.05, 0.1) is 6.61 Å². The molecule has 0 radical (unpaired) electrons. The third kappa shape index (κ3) is 5.11. The van der Waals surface area contributed by atoms with Crippen LogP contribution < -0.4 is 10.1 Å². The van der Waals surface area contributed by atoms with E-state index in [-0.39, 0.29) is 5.91 Å². The van der Waals surface area contributed by atoms with Crippen LogP contribution in [0.1, 0.15) is 19.3 Å². The number of carbonyl (C=O) groups excluding carboxylic acids is 1. The average Bonchev–Trinajstić information content (AvgIpc) is 3.06. The predicted octanol–water partition coefficient (Wildman–Crippen LogP) is 4.01. The molecule has 0 aliphatic rings. The van der Waals surface area contributed by atoms with Crippen molar-refractivity contribution in [3.8, 4) is 5.75 Å². The van der Waals surface area contributed by atoms with E-state index >= 15 is 0 Å². The van der Waals surface area contributed by atoms with E-state index in [9.17, 15) is 4.79 Å². The van der Waals surface area contributed by atoms with E-state index in [1.165, 1.54) is 10.9 Å². The number of ether oxygens (including phenoxy) is 1. The van der Waals surface area contributed by atoms with E-state index in [1.807, 2.05) is 30.3 Å². The molecule has 4 nitrogen and oxygen atoms in total. The number of rotatable bonds is 9. The lowest BCUT2D eigenvalue weighted by Gasteiger charge is -2.08. The summed E-state index contributed by atoms with van der Waals surface area (Å²) in [5, 5.41) is 4.24. The smallest absolute Gasteiger partial charge is 0.220 e. The maximum absolute atomic E-state index is 11.9. The Morgan fingerprint density at radius 1 is 0.960 bits per heavy atom. The van der Waals surface area contributed by atoms with Crippen molar-refractivity contribution in [1.82, 2.24) is 9.88 Å². The van der Waals surface area contributed by atoms with Crippen LogP contribution in [0.4, 0.5) is 0 Å². The molecule has 1 N–H and O–H groups in total. The van der Waals surface area contributed by atoms with E-state index in [0.717, 1.165) is 25.1 Å². The van der Waals surface area contributed by atoms with Gasteiger partial charge in [0.25, 0.3) is 0 Å². The van der Waals surface area contributed by atoms with Crippen LogP contribution in [0.25, 0.3) is 10.9 Å². The molecule has 130 valence electrons. The fourth-order valence-electron chi connectivity index (χ4n) is 2.84. The van der Waals surface area contributed by atoms with Crippen LogP contribution in [0.3, 0.4) is 0 Å². The molecule has 1 amide bonds. The Kier molecular flexibility index (Phi) is 6.10. The summed E-state index contributed by atoms with van der Waals surface area (Å²) >= 11 is 0. The summed E-state index contributed by atoms with van der Waals surface area (Å²) in [6.45, 7) is 2.17. The molecule has 0 fully saturated rings. The standard InChI is InChI=1S/C21H24N2O2/c24-21(12-6-17-25-19-9-2-1-3-10-19)22-14-7-15-23-16-13-18-8-4-5-11-20(18)23/h1-5,8-11,13,16H,6-7,12,14-15,17H2,(H,22,24). The minimum Gasteiger partial charge on any atom is -0.494 e. The van der Waals surface area contributed by atoms with Crippen molar-refractivity contribution in [2.75, 3.05) is 13.2 Å². The number of para-hydroxylation sites is 2. The first kappa shape index (κ1) is 17.1. The molecule has 1 heterocycles. The number of benzene rings is 2. The normalized spacial score (nSPS) is 10.7. The summed E-state index contributed by atoms with van der Waals surface area (Å²) in [7, 11) is 0. The minimum atomic E-state index is 0.0917. The summed E-state index contributed by atoms with van der Waals surface area (Å²) in [6.07, 6.45) is 4.25. The second-order valence-electron chi connectivity index (χ2n) is 6.04.